The molecule has 172 valence electrons. The van der Waals surface area contributed by atoms with Crippen molar-refractivity contribution in [3.8, 4) is 11.5 Å². The van der Waals surface area contributed by atoms with E-state index in [1.807, 2.05) is 0 Å². The number of carbonyl (C=O) groups excluding carboxylic acids is 1. The predicted octanol–water partition coefficient (Wildman–Crippen LogP) is 4.25. The number of amides is 1. The lowest BCUT2D eigenvalue weighted by molar-refractivity contribution is -0.385. The number of nitro groups is 1. The molecule has 33 heavy (non-hydrogen) atoms. The summed E-state index contributed by atoms with van der Waals surface area (Å²) in [7, 11) is 1.51. The molecule has 1 fully saturated rings. The van der Waals surface area contributed by atoms with Gasteiger partial charge in [-0.3, -0.25) is 24.6 Å². The van der Waals surface area contributed by atoms with Crippen LogP contribution in [0.15, 0.2) is 47.4 Å². The van der Waals surface area contributed by atoms with Crippen LogP contribution in [0.3, 0.4) is 0 Å². The van der Waals surface area contributed by atoms with Gasteiger partial charge in [0.25, 0.3) is 5.91 Å². The fraction of sp³-hybridized carbons (Fsp3) is 0.227. The first-order valence-electron chi connectivity index (χ1n) is 9.80. The molecule has 9 nitrogen and oxygen atoms in total. The van der Waals surface area contributed by atoms with Crippen LogP contribution in [0.2, 0.25) is 0 Å². The first-order chi connectivity index (χ1) is 15.8. The van der Waals surface area contributed by atoms with Gasteiger partial charge in [0, 0.05) is 24.6 Å². The van der Waals surface area contributed by atoms with Gasteiger partial charge in [0.15, 0.2) is 5.75 Å². The van der Waals surface area contributed by atoms with Crippen molar-refractivity contribution in [2.75, 3.05) is 13.7 Å². The smallest absolute Gasteiger partial charge is 0.310 e. The van der Waals surface area contributed by atoms with Crippen LogP contribution in [-0.4, -0.2) is 44.8 Å². The van der Waals surface area contributed by atoms with Gasteiger partial charge in [-0.2, -0.15) is 0 Å². The molecule has 0 spiro atoms. The molecule has 1 heterocycles. The zero-order chi connectivity index (χ0) is 24.0. The number of carboxylic acid groups (broad SMARTS) is 1. The summed E-state index contributed by atoms with van der Waals surface area (Å²) in [6, 6.07) is 11.3. The minimum atomic E-state index is -0.926. The van der Waals surface area contributed by atoms with Gasteiger partial charge in [-0.25, -0.2) is 0 Å². The average molecular weight is 489 g/mol. The number of thiocarbonyl (C=S) groups is 1. The summed E-state index contributed by atoms with van der Waals surface area (Å²) in [6.45, 7) is 0.262. The number of carboxylic acids is 1. The zero-order valence-electron chi connectivity index (χ0n) is 17.6. The summed E-state index contributed by atoms with van der Waals surface area (Å²) in [5.74, 6) is -0.530. The minimum Gasteiger partial charge on any atom is -0.496 e. The monoisotopic (exact) mass is 488 g/mol. The maximum Gasteiger partial charge on any atom is 0.310 e. The van der Waals surface area contributed by atoms with Crippen molar-refractivity contribution in [1.29, 1.82) is 0 Å². The lowest BCUT2D eigenvalue weighted by atomic mass is 10.1. The van der Waals surface area contributed by atoms with E-state index in [9.17, 15) is 19.7 Å². The lowest BCUT2D eigenvalue weighted by Gasteiger charge is -2.13. The topological polar surface area (TPSA) is 119 Å². The fourth-order valence-electron chi connectivity index (χ4n) is 3.12. The number of carbonyl (C=O) groups is 2. The molecule has 0 bridgehead atoms. The fourth-order valence-corrected chi connectivity index (χ4v) is 4.43. The Hall–Kier alpha value is -3.44. The van der Waals surface area contributed by atoms with E-state index in [1.165, 1.54) is 24.1 Å². The SMILES string of the molecule is COc1ccc(/C=C2\SC(=S)N(CCCC(=O)O)C2=O)cc1COc1ccccc1[N+](=O)[O-]. The van der Waals surface area contributed by atoms with Crippen molar-refractivity contribution in [1.82, 2.24) is 4.90 Å². The molecule has 2 aromatic rings. The summed E-state index contributed by atoms with van der Waals surface area (Å²) in [6.07, 6.45) is 1.95. The summed E-state index contributed by atoms with van der Waals surface area (Å²) < 4.78 is 11.4. The van der Waals surface area contributed by atoms with E-state index in [0.717, 1.165) is 11.8 Å². The molecule has 0 saturated carbocycles. The van der Waals surface area contributed by atoms with E-state index >= 15 is 0 Å². The summed E-state index contributed by atoms with van der Waals surface area (Å²) in [5, 5.41) is 20.0. The van der Waals surface area contributed by atoms with Crippen molar-refractivity contribution in [3.05, 3.63) is 68.6 Å². The number of benzene rings is 2. The van der Waals surface area contributed by atoms with Crippen molar-refractivity contribution in [2.45, 2.75) is 19.4 Å². The van der Waals surface area contributed by atoms with E-state index < -0.39 is 10.9 Å². The van der Waals surface area contributed by atoms with Gasteiger partial charge >= 0.3 is 11.7 Å². The van der Waals surface area contributed by atoms with Crippen LogP contribution < -0.4 is 9.47 Å². The molecule has 1 aliphatic rings. The number of para-hydroxylation sites is 2. The van der Waals surface area contributed by atoms with Crippen LogP contribution in [0.1, 0.15) is 24.0 Å². The number of thioether (sulfide) groups is 1. The second-order valence-corrected chi connectivity index (χ2v) is 8.59. The molecule has 0 atom stereocenters. The largest absolute Gasteiger partial charge is 0.496 e. The molecule has 0 aliphatic carbocycles. The first-order valence-corrected chi connectivity index (χ1v) is 11.0. The lowest BCUT2D eigenvalue weighted by Crippen LogP contribution is -2.29. The predicted molar refractivity (Wildman–Crippen MR) is 127 cm³/mol. The van der Waals surface area contributed by atoms with Gasteiger partial charge in [0.05, 0.1) is 16.9 Å². The van der Waals surface area contributed by atoms with Crippen molar-refractivity contribution in [3.63, 3.8) is 0 Å². The normalized spacial score (nSPS) is 14.6. The highest BCUT2D eigenvalue weighted by Gasteiger charge is 2.31. The maximum absolute atomic E-state index is 12.7. The van der Waals surface area contributed by atoms with Crippen molar-refractivity contribution < 1.29 is 29.1 Å². The number of nitro benzene ring substituents is 1. The summed E-state index contributed by atoms with van der Waals surface area (Å²) in [4.78, 5) is 35.9. The number of aliphatic carboxylic acids is 1. The van der Waals surface area contributed by atoms with Crippen LogP contribution in [0.4, 0.5) is 5.69 Å². The second kappa shape index (κ2) is 10.9. The van der Waals surface area contributed by atoms with E-state index in [4.69, 9.17) is 26.8 Å². The van der Waals surface area contributed by atoms with Gasteiger partial charge < -0.3 is 14.6 Å². The Kier molecular flexibility index (Phi) is 8.01. The van der Waals surface area contributed by atoms with Crippen molar-refractivity contribution in [2.24, 2.45) is 0 Å². The average Bonchev–Trinajstić information content (AvgIpc) is 3.05. The van der Waals surface area contributed by atoms with Crippen molar-refractivity contribution >= 4 is 51.9 Å². The third kappa shape index (κ3) is 6.08. The van der Waals surface area contributed by atoms with Crippen LogP contribution in [0.25, 0.3) is 6.08 Å². The third-order valence-electron chi connectivity index (χ3n) is 4.69. The summed E-state index contributed by atoms with van der Waals surface area (Å²) >= 11 is 6.42. The maximum atomic E-state index is 12.7. The quantitative estimate of drug-likeness (QED) is 0.226. The van der Waals surface area contributed by atoms with Gasteiger partial charge in [0.1, 0.15) is 16.7 Å². The minimum absolute atomic E-state index is 0.0197. The Bertz CT molecular complexity index is 1130. The molecule has 0 radical (unpaired) electrons. The van der Waals surface area contributed by atoms with E-state index in [2.05, 4.69) is 0 Å². The molecule has 1 amide bonds. The molecule has 1 aliphatic heterocycles. The van der Waals surface area contributed by atoms with E-state index in [1.54, 1.807) is 36.4 Å². The van der Waals surface area contributed by atoms with E-state index in [0.29, 0.717) is 32.5 Å². The highest BCUT2D eigenvalue weighted by atomic mass is 32.2. The van der Waals surface area contributed by atoms with Gasteiger partial charge in [-0.1, -0.05) is 42.2 Å². The standard InChI is InChI=1S/C22H20N2O7S2/c1-30-17-9-8-14(11-15(17)13-31-18-6-3-2-5-16(18)24(28)29)12-19-21(27)23(22(32)33-19)10-4-7-20(25)26/h2-3,5-6,8-9,11-12H,4,7,10,13H2,1H3,(H,25,26)/b19-12-. The Labute approximate surface area is 199 Å². The number of hydrogen-bond donors (Lipinski definition) is 1. The molecule has 1 N–H and O–H groups in total. The van der Waals surface area contributed by atoms with Crippen LogP contribution in [0, 0.1) is 10.1 Å². The molecular weight excluding hydrogens is 468 g/mol. The van der Waals surface area contributed by atoms with Gasteiger partial charge in [0.2, 0.25) is 0 Å². The van der Waals surface area contributed by atoms with Gasteiger partial charge in [-0.05, 0) is 36.3 Å². The number of hydrogen-bond acceptors (Lipinski definition) is 8. The molecule has 3 rings (SSSR count). The molecule has 0 aromatic heterocycles. The molecular formula is C22H20N2O7S2. The second-order valence-electron chi connectivity index (χ2n) is 6.92. The zero-order valence-corrected chi connectivity index (χ0v) is 19.2. The number of rotatable bonds is 10. The third-order valence-corrected chi connectivity index (χ3v) is 6.07. The Balaban J connectivity index is 1.77. The molecule has 0 unspecified atom stereocenters. The van der Waals surface area contributed by atoms with Gasteiger partial charge in [-0.15, -0.1) is 0 Å². The highest BCUT2D eigenvalue weighted by molar-refractivity contribution is 8.26. The number of nitrogens with zero attached hydrogens (tertiary/aromatic N) is 2. The number of ether oxygens (including phenoxy) is 2. The summed E-state index contributed by atoms with van der Waals surface area (Å²) in [5.41, 5.74) is 1.20. The molecule has 1 saturated heterocycles. The van der Waals surface area contributed by atoms with Crippen LogP contribution >= 0.6 is 24.0 Å². The Morgan fingerprint density at radius 1 is 1.27 bits per heavy atom. The molecule has 2 aromatic carbocycles. The van der Waals surface area contributed by atoms with Crippen LogP contribution in [0.5, 0.6) is 11.5 Å². The molecule has 11 heteroatoms. The number of methoxy groups -OCH3 is 1. The van der Waals surface area contributed by atoms with E-state index in [-0.39, 0.29) is 36.9 Å². The van der Waals surface area contributed by atoms with Crippen LogP contribution in [-0.2, 0) is 16.2 Å². The highest BCUT2D eigenvalue weighted by Crippen LogP contribution is 2.34. The first kappa shape index (κ1) is 24.2. The Morgan fingerprint density at radius 2 is 2.03 bits per heavy atom. The Morgan fingerprint density at radius 3 is 2.73 bits per heavy atom.